The van der Waals surface area contributed by atoms with Crippen molar-refractivity contribution < 1.29 is 9.47 Å². The van der Waals surface area contributed by atoms with Gasteiger partial charge in [-0.1, -0.05) is 71.0 Å². The highest BCUT2D eigenvalue weighted by Crippen LogP contribution is 2.46. The Bertz CT molecular complexity index is 1050. The molecular formula is C28H38O2. The van der Waals surface area contributed by atoms with Crippen molar-refractivity contribution in [3.05, 3.63) is 48.0 Å². The summed E-state index contributed by atoms with van der Waals surface area (Å²) in [5.41, 5.74) is 0.855. The highest BCUT2D eigenvalue weighted by molar-refractivity contribution is 6.11. The minimum atomic E-state index is -0.251. The molecule has 0 saturated carbocycles. The fourth-order valence-electron chi connectivity index (χ4n) is 3.48. The van der Waals surface area contributed by atoms with Crippen molar-refractivity contribution >= 4 is 21.5 Å². The van der Waals surface area contributed by atoms with E-state index in [0.29, 0.717) is 0 Å². The Labute approximate surface area is 182 Å². The highest BCUT2D eigenvalue weighted by Gasteiger charge is 2.26. The van der Waals surface area contributed by atoms with E-state index in [1.54, 1.807) is 0 Å². The molecule has 2 nitrogen and oxygen atoms in total. The molecule has 30 heavy (non-hydrogen) atoms. The van der Waals surface area contributed by atoms with Gasteiger partial charge in [-0.3, -0.25) is 0 Å². The first-order chi connectivity index (χ1) is 13.9. The van der Waals surface area contributed by atoms with Crippen LogP contribution in [0.15, 0.2) is 42.5 Å². The molecule has 162 valence electrons. The smallest absolute Gasteiger partial charge is 0.136 e. The largest absolute Gasteiger partial charge is 0.487 e. The number of benzene rings is 3. The van der Waals surface area contributed by atoms with E-state index in [4.69, 9.17) is 9.47 Å². The van der Waals surface area contributed by atoms with E-state index in [1.165, 1.54) is 5.56 Å². The monoisotopic (exact) mass is 406 g/mol. The van der Waals surface area contributed by atoms with Crippen LogP contribution in [0.2, 0.25) is 0 Å². The quantitative estimate of drug-likeness (QED) is 0.382. The summed E-state index contributed by atoms with van der Waals surface area (Å²) in [5, 5.41) is 4.46. The zero-order valence-electron chi connectivity index (χ0n) is 20.3. The maximum absolute atomic E-state index is 6.70. The van der Waals surface area contributed by atoms with Gasteiger partial charge in [0.2, 0.25) is 0 Å². The van der Waals surface area contributed by atoms with Crippen LogP contribution in [-0.4, -0.2) is 11.2 Å². The fraction of sp³-hybridized carbons (Fsp3) is 0.500. The lowest BCUT2D eigenvalue weighted by molar-refractivity contribution is 0.106. The van der Waals surface area contributed by atoms with Crippen molar-refractivity contribution in [3.8, 4) is 11.5 Å². The second kappa shape index (κ2) is 7.80. The second-order valence-corrected chi connectivity index (χ2v) is 10.6. The molecule has 0 aliphatic rings. The van der Waals surface area contributed by atoms with Crippen LogP contribution in [0.25, 0.3) is 21.5 Å². The summed E-state index contributed by atoms with van der Waals surface area (Å²) in [7, 11) is 0. The lowest BCUT2D eigenvalue weighted by Gasteiger charge is -2.31. The minimum Gasteiger partial charge on any atom is -0.487 e. The van der Waals surface area contributed by atoms with Crippen LogP contribution in [0.3, 0.4) is 0 Å². The zero-order chi connectivity index (χ0) is 22.3. The van der Waals surface area contributed by atoms with Gasteiger partial charge in [0.05, 0.1) is 0 Å². The van der Waals surface area contributed by atoms with Crippen LogP contribution >= 0.6 is 0 Å². The third-order valence-corrected chi connectivity index (χ3v) is 6.25. The lowest BCUT2D eigenvalue weighted by Crippen LogP contribution is -2.28. The summed E-state index contributed by atoms with van der Waals surface area (Å²) in [4.78, 5) is 0. The number of hydrogen-bond donors (Lipinski definition) is 0. The number of ether oxygens (including phenoxy) is 2. The lowest BCUT2D eigenvalue weighted by atomic mass is 9.85. The molecule has 0 radical (unpaired) electrons. The highest BCUT2D eigenvalue weighted by atomic mass is 16.5. The van der Waals surface area contributed by atoms with E-state index in [2.05, 4.69) is 105 Å². The van der Waals surface area contributed by atoms with Gasteiger partial charge in [-0.25, -0.2) is 0 Å². The Hall–Kier alpha value is -2.22. The number of hydrogen-bond acceptors (Lipinski definition) is 2. The summed E-state index contributed by atoms with van der Waals surface area (Å²) in [5.74, 6) is 1.91. The molecule has 0 aliphatic heterocycles. The molecular weight excluding hydrogens is 368 g/mol. The van der Waals surface area contributed by atoms with Crippen molar-refractivity contribution in [3.63, 3.8) is 0 Å². The maximum Gasteiger partial charge on any atom is 0.136 e. The van der Waals surface area contributed by atoms with Crippen molar-refractivity contribution in [2.24, 2.45) is 0 Å². The van der Waals surface area contributed by atoms with Crippen LogP contribution < -0.4 is 9.47 Å². The molecule has 0 heterocycles. The summed E-state index contributed by atoms with van der Waals surface area (Å²) in [6.45, 7) is 19.7. The fourth-order valence-corrected chi connectivity index (χ4v) is 3.48. The average molecular weight is 407 g/mol. The van der Waals surface area contributed by atoms with E-state index in [9.17, 15) is 0 Å². The first kappa shape index (κ1) is 22.5. The Morgan fingerprint density at radius 1 is 0.600 bits per heavy atom. The van der Waals surface area contributed by atoms with Crippen molar-refractivity contribution in [1.29, 1.82) is 0 Å². The standard InChI is InChI=1S/C28H38O2/c1-10-27(6,7)29-24-20-14-12-13-15-21(20)25(30-28(8,9)11-2)23-18-19(26(3,4)5)16-17-22(23)24/h12-18H,10-11H2,1-9H3. The number of fused-ring (bicyclic) bond motifs is 2. The average Bonchev–Trinajstić information content (AvgIpc) is 2.69. The van der Waals surface area contributed by atoms with Gasteiger partial charge >= 0.3 is 0 Å². The molecule has 0 fully saturated rings. The summed E-state index contributed by atoms with van der Waals surface area (Å²) < 4.78 is 13.4. The van der Waals surface area contributed by atoms with Gasteiger partial charge in [-0.15, -0.1) is 0 Å². The van der Waals surface area contributed by atoms with Crippen molar-refractivity contribution in [2.45, 2.75) is 91.8 Å². The van der Waals surface area contributed by atoms with Gasteiger partial charge in [-0.2, -0.15) is 0 Å². The minimum absolute atomic E-state index is 0.0566. The van der Waals surface area contributed by atoms with Gasteiger partial charge in [0.15, 0.2) is 0 Å². The first-order valence-corrected chi connectivity index (χ1v) is 11.3. The van der Waals surface area contributed by atoms with Crippen LogP contribution in [0.5, 0.6) is 11.5 Å². The summed E-state index contributed by atoms with van der Waals surface area (Å²) >= 11 is 0. The van der Waals surface area contributed by atoms with E-state index in [0.717, 1.165) is 45.9 Å². The summed E-state index contributed by atoms with van der Waals surface area (Å²) in [6, 6.07) is 15.2. The molecule has 0 spiro atoms. The maximum atomic E-state index is 6.70. The molecule has 0 aliphatic carbocycles. The predicted octanol–water partition coefficient (Wildman–Crippen LogP) is 8.43. The Kier molecular flexibility index (Phi) is 5.84. The molecule has 0 N–H and O–H groups in total. The normalized spacial score (nSPS) is 13.1. The Balaban J connectivity index is 2.44. The third-order valence-electron chi connectivity index (χ3n) is 6.25. The Morgan fingerprint density at radius 3 is 1.47 bits per heavy atom. The predicted molar refractivity (Wildman–Crippen MR) is 130 cm³/mol. The molecule has 3 rings (SSSR count). The zero-order valence-corrected chi connectivity index (χ0v) is 20.3. The number of rotatable bonds is 6. The third kappa shape index (κ3) is 4.43. The van der Waals surface area contributed by atoms with E-state index >= 15 is 0 Å². The van der Waals surface area contributed by atoms with Gasteiger partial charge < -0.3 is 9.47 Å². The molecule has 0 bridgehead atoms. The molecule has 0 aromatic heterocycles. The molecule has 0 saturated heterocycles. The van der Waals surface area contributed by atoms with Gasteiger partial charge in [0, 0.05) is 21.5 Å². The van der Waals surface area contributed by atoms with Crippen molar-refractivity contribution in [2.75, 3.05) is 0 Å². The van der Waals surface area contributed by atoms with Crippen molar-refractivity contribution in [1.82, 2.24) is 0 Å². The molecule has 0 unspecified atom stereocenters. The van der Waals surface area contributed by atoms with Crippen LogP contribution in [0, 0.1) is 0 Å². The summed E-state index contributed by atoms with van der Waals surface area (Å²) in [6.07, 6.45) is 1.87. The molecule has 3 aromatic carbocycles. The molecule has 3 aromatic rings. The van der Waals surface area contributed by atoms with Gasteiger partial charge in [0.1, 0.15) is 22.7 Å². The molecule has 0 amide bonds. The topological polar surface area (TPSA) is 18.5 Å². The van der Waals surface area contributed by atoms with E-state index in [1.807, 2.05) is 0 Å². The Morgan fingerprint density at radius 2 is 1.03 bits per heavy atom. The van der Waals surface area contributed by atoms with Gasteiger partial charge in [0.25, 0.3) is 0 Å². The van der Waals surface area contributed by atoms with Crippen LogP contribution in [-0.2, 0) is 5.41 Å². The van der Waals surface area contributed by atoms with E-state index in [-0.39, 0.29) is 16.6 Å². The second-order valence-electron chi connectivity index (χ2n) is 10.6. The van der Waals surface area contributed by atoms with Crippen LogP contribution in [0.1, 0.15) is 80.7 Å². The molecule has 0 atom stereocenters. The van der Waals surface area contributed by atoms with Crippen LogP contribution in [0.4, 0.5) is 0 Å². The van der Waals surface area contributed by atoms with E-state index < -0.39 is 0 Å². The first-order valence-electron chi connectivity index (χ1n) is 11.3. The SMILES string of the molecule is CCC(C)(C)Oc1c2ccccc2c(OC(C)(C)CC)c2cc(C(C)(C)C)ccc12. The van der Waals surface area contributed by atoms with Gasteiger partial charge in [-0.05, 0) is 57.6 Å². The molecule has 2 heteroatoms.